The number of aryl methyl sites for hydroxylation is 2. The lowest BCUT2D eigenvalue weighted by Gasteiger charge is -2.17. The maximum absolute atomic E-state index is 11.0. The third kappa shape index (κ3) is 7.25. The quantitative estimate of drug-likeness (QED) is 0.651. The number of carboxylic acid groups (broad SMARTS) is 1. The second kappa shape index (κ2) is 9.53. The fourth-order valence-corrected chi connectivity index (χ4v) is 2.27. The normalized spacial score (nSPS) is 12.3. The number of hydrogen-bond donors (Lipinski definition) is 2. The lowest BCUT2D eigenvalue weighted by Crippen LogP contribution is -2.34. The Labute approximate surface area is 127 Å². The Morgan fingerprint density at radius 2 is 2.10 bits per heavy atom. The van der Waals surface area contributed by atoms with E-state index < -0.39 is 5.97 Å². The van der Waals surface area contributed by atoms with Gasteiger partial charge in [0.1, 0.15) is 0 Å². The van der Waals surface area contributed by atoms with Gasteiger partial charge in [0, 0.05) is 19.3 Å². The molecule has 0 saturated heterocycles. The number of carbonyl (C=O) groups is 1. The molecule has 0 aliphatic carbocycles. The predicted molar refractivity (Wildman–Crippen MR) is 84.8 cm³/mol. The summed E-state index contributed by atoms with van der Waals surface area (Å²) in [6, 6.07) is 6.29. The zero-order valence-corrected chi connectivity index (χ0v) is 13.3. The van der Waals surface area contributed by atoms with Crippen LogP contribution >= 0.6 is 0 Å². The van der Waals surface area contributed by atoms with E-state index in [2.05, 4.69) is 37.4 Å². The van der Waals surface area contributed by atoms with Crippen LogP contribution in [-0.4, -0.2) is 36.9 Å². The Kier molecular flexibility index (Phi) is 8.01. The summed E-state index contributed by atoms with van der Waals surface area (Å²) in [6.07, 6.45) is 1.78. The molecule has 0 aliphatic heterocycles. The fourth-order valence-electron chi connectivity index (χ4n) is 2.27. The number of ether oxygens (including phenoxy) is 1. The average Bonchev–Trinajstić information content (AvgIpc) is 2.42. The van der Waals surface area contributed by atoms with Gasteiger partial charge < -0.3 is 15.2 Å². The molecule has 1 unspecified atom stereocenters. The van der Waals surface area contributed by atoms with Crippen LogP contribution in [0.3, 0.4) is 0 Å². The van der Waals surface area contributed by atoms with Crippen LogP contribution in [0.25, 0.3) is 0 Å². The molecular formula is C17H27NO3. The zero-order chi connectivity index (χ0) is 15.7. The van der Waals surface area contributed by atoms with Crippen molar-refractivity contribution in [3.8, 4) is 0 Å². The molecule has 0 spiro atoms. The minimum Gasteiger partial charge on any atom is -0.481 e. The van der Waals surface area contributed by atoms with Crippen molar-refractivity contribution < 1.29 is 14.6 Å². The minimum atomic E-state index is -0.763. The third-order valence-electron chi connectivity index (χ3n) is 3.58. The van der Waals surface area contributed by atoms with E-state index in [1.807, 2.05) is 6.92 Å². The Morgan fingerprint density at radius 1 is 1.33 bits per heavy atom. The summed E-state index contributed by atoms with van der Waals surface area (Å²) in [5, 5.41) is 12.4. The van der Waals surface area contributed by atoms with Crippen molar-refractivity contribution in [2.24, 2.45) is 0 Å². The average molecular weight is 293 g/mol. The Balaban J connectivity index is 2.52. The van der Waals surface area contributed by atoms with Gasteiger partial charge in [0.05, 0.1) is 6.42 Å². The summed E-state index contributed by atoms with van der Waals surface area (Å²) in [5.74, 6) is -0.763. The molecule has 1 aromatic rings. The molecule has 0 bridgehead atoms. The highest BCUT2D eigenvalue weighted by atomic mass is 16.5. The van der Waals surface area contributed by atoms with Gasteiger partial charge in [-0.1, -0.05) is 18.2 Å². The van der Waals surface area contributed by atoms with Crippen molar-refractivity contribution in [1.29, 1.82) is 0 Å². The van der Waals surface area contributed by atoms with Gasteiger partial charge in [-0.25, -0.2) is 0 Å². The highest BCUT2D eigenvalue weighted by molar-refractivity contribution is 5.67. The summed E-state index contributed by atoms with van der Waals surface area (Å²) < 4.78 is 5.29. The Morgan fingerprint density at radius 3 is 2.71 bits per heavy atom. The van der Waals surface area contributed by atoms with Crippen LogP contribution in [-0.2, 0) is 16.0 Å². The lowest BCUT2D eigenvalue weighted by atomic mass is 9.99. The van der Waals surface area contributed by atoms with E-state index in [9.17, 15) is 4.79 Å². The predicted octanol–water partition coefficient (Wildman–Crippen LogP) is 2.71. The molecule has 0 saturated carbocycles. The van der Waals surface area contributed by atoms with E-state index in [1.165, 1.54) is 16.7 Å². The molecule has 0 aliphatic rings. The van der Waals surface area contributed by atoms with Crippen molar-refractivity contribution in [1.82, 2.24) is 5.32 Å². The van der Waals surface area contributed by atoms with Gasteiger partial charge in [0.25, 0.3) is 0 Å². The molecule has 1 atom stereocenters. The first-order valence-electron chi connectivity index (χ1n) is 7.62. The Bertz CT molecular complexity index is 446. The molecule has 4 heteroatoms. The van der Waals surface area contributed by atoms with Gasteiger partial charge in [0.15, 0.2) is 0 Å². The number of carboxylic acids is 1. The largest absolute Gasteiger partial charge is 0.481 e. The van der Waals surface area contributed by atoms with Gasteiger partial charge in [-0.2, -0.15) is 0 Å². The first kappa shape index (κ1) is 17.7. The standard InChI is InChI=1S/C17H27NO3/c1-4-21-9-5-8-18-16(12-17(19)20)11-15-7-6-13(2)14(3)10-15/h6-7,10,16,18H,4-5,8-9,11-12H2,1-3H3,(H,19,20). The minimum absolute atomic E-state index is 0.0359. The number of hydrogen-bond acceptors (Lipinski definition) is 3. The van der Waals surface area contributed by atoms with Gasteiger partial charge in [-0.05, 0) is 56.8 Å². The maximum atomic E-state index is 11.0. The van der Waals surface area contributed by atoms with Crippen molar-refractivity contribution >= 4 is 5.97 Å². The van der Waals surface area contributed by atoms with Crippen LogP contribution in [0.4, 0.5) is 0 Å². The molecule has 0 fully saturated rings. The summed E-state index contributed by atoms with van der Waals surface area (Å²) in [6.45, 7) is 8.36. The van der Waals surface area contributed by atoms with Crippen LogP contribution in [0.2, 0.25) is 0 Å². The van der Waals surface area contributed by atoms with E-state index in [0.717, 1.165) is 26.0 Å². The van der Waals surface area contributed by atoms with Gasteiger partial charge in [-0.15, -0.1) is 0 Å². The summed E-state index contributed by atoms with van der Waals surface area (Å²) >= 11 is 0. The Hall–Kier alpha value is -1.39. The van der Waals surface area contributed by atoms with E-state index in [1.54, 1.807) is 0 Å². The smallest absolute Gasteiger partial charge is 0.304 e. The van der Waals surface area contributed by atoms with Crippen LogP contribution in [0.5, 0.6) is 0 Å². The van der Waals surface area contributed by atoms with Crippen molar-refractivity contribution in [3.63, 3.8) is 0 Å². The molecule has 1 aromatic carbocycles. The first-order valence-corrected chi connectivity index (χ1v) is 7.62. The summed E-state index contributed by atoms with van der Waals surface area (Å²) in [5.41, 5.74) is 3.69. The number of rotatable bonds is 10. The monoisotopic (exact) mass is 293 g/mol. The summed E-state index contributed by atoms with van der Waals surface area (Å²) in [4.78, 5) is 11.0. The highest BCUT2D eigenvalue weighted by Crippen LogP contribution is 2.12. The topological polar surface area (TPSA) is 58.6 Å². The molecule has 0 amide bonds. The highest BCUT2D eigenvalue weighted by Gasteiger charge is 2.13. The van der Waals surface area contributed by atoms with E-state index in [4.69, 9.17) is 9.84 Å². The van der Waals surface area contributed by atoms with Crippen molar-refractivity contribution in [2.45, 2.75) is 46.1 Å². The molecule has 118 valence electrons. The van der Waals surface area contributed by atoms with Gasteiger partial charge in [0.2, 0.25) is 0 Å². The summed E-state index contributed by atoms with van der Waals surface area (Å²) in [7, 11) is 0. The SMILES string of the molecule is CCOCCCNC(CC(=O)O)Cc1ccc(C)c(C)c1. The molecular weight excluding hydrogens is 266 g/mol. The van der Waals surface area contributed by atoms with Crippen LogP contribution < -0.4 is 5.32 Å². The first-order chi connectivity index (χ1) is 10.0. The zero-order valence-electron chi connectivity index (χ0n) is 13.3. The molecule has 0 heterocycles. The number of benzene rings is 1. The second-order valence-corrected chi connectivity index (χ2v) is 5.42. The van der Waals surface area contributed by atoms with Crippen LogP contribution in [0.15, 0.2) is 18.2 Å². The van der Waals surface area contributed by atoms with E-state index in [-0.39, 0.29) is 12.5 Å². The molecule has 0 radical (unpaired) electrons. The molecule has 1 rings (SSSR count). The number of aliphatic carboxylic acids is 1. The van der Waals surface area contributed by atoms with E-state index in [0.29, 0.717) is 6.61 Å². The molecule has 21 heavy (non-hydrogen) atoms. The van der Waals surface area contributed by atoms with E-state index >= 15 is 0 Å². The van der Waals surface area contributed by atoms with Crippen LogP contribution in [0, 0.1) is 13.8 Å². The molecule has 4 nitrogen and oxygen atoms in total. The molecule has 0 aromatic heterocycles. The van der Waals surface area contributed by atoms with Gasteiger partial charge in [-0.3, -0.25) is 4.79 Å². The fraction of sp³-hybridized carbons (Fsp3) is 0.588. The molecule has 2 N–H and O–H groups in total. The number of nitrogens with one attached hydrogen (secondary N) is 1. The van der Waals surface area contributed by atoms with Crippen molar-refractivity contribution in [2.75, 3.05) is 19.8 Å². The van der Waals surface area contributed by atoms with Gasteiger partial charge >= 0.3 is 5.97 Å². The third-order valence-corrected chi connectivity index (χ3v) is 3.58. The van der Waals surface area contributed by atoms with Crippen LogP contribution in [0.1, 0.15) is 36.5 Å². The van der Waals surface area contributed by atoms with Crippen molar-refractivity contribution in [3.05, 3.63) is 34.9 Å². The second-order valence-electron chi connectivity index (χ2n) is 5.42. The lowest BCUT2D eigenvalue weighted by molar-refractivity contribution is -0.137. The maximum Gasteiger partial charge on any atom is 0.304 e.